The third kappa shape index (κ3) is 4.09. The van der Waals surface area contributed by atoms with Crippen LogP contribution in [0, 0.1) is 0 Å². The molecule has 0 fully saturated rings. The van der Waals surface area contributed by atoms with Crippen LogP contribution in [0.1, 0.15) is 11.1 Å². The van der Waals surface area contributed by atoms with E-state index < -0.39 is 9.84 Å². The van der Waals surface area contributed by atoms with E-state index in [2.05, 4.69) is 4.99 Å². The van der Waals surface area contributed by atoms with Gasteiger partial charge in [-0.2, -0.15) is 0 Å². The van der Waals surface area contributed by atoms with Crippen LogP contribution in [0.15, 0.2) is 47.5 Å². The van der Waals surface area contributed by atoms with E-state index in [9.17, 15) is 13.2 Å². The summed E-state index contributed by atoms with van der Waals surface area (Å²) in [4.78, 5) is 18.5. The van der Waals surface area contributed by atoms with E-state index in [0.717, 1.165) is 6.26 Å². The molecule has 1 heterocycles. The highest BCUT2D eigenvalue weighted by Gasteiger charge is 2.26. The van der Waals surface area contributed by atoms with Gasteiger partial charge in [0, 0.05) is 34.0 Å². The quantitative estimate of drug-likeness (QED) is 0.776. The number of rotatable bonds is 4. The number of fused-ring (bicyclic) bond motifs is 1. The molecule has 2 aromatic rings. The molecule has 0 atom stereocenters. The lowest BCUT2D eigenvalue weighted by molar-refractivity contribution is -0.117. The number of sulfone groups is 1. The standard InChI is InChI=1S/C18H16Cl2N2O3S/c1-26(24,25)9-8-22-16-7-6-12(19)10-14(16)18(21-11-17(22)23)13-4-2-3-5-15(13)20/h2-7,10H,8-9,11H2,1H3. The van der Waals surface area contributed by atoms with Gasteiger partial charge in [0.05, 0.1) is 17.2 Å². The third-order valence-electron chi connectivity index (χ3n) is 3.99. The summed E-state index contributed by atoms with van der Waals surface area (Å²) in [7, 11) is -3.22. The average Bonchev–Trinajstić information content (AvgIpc) is 2.69. The van der Waals surface area contributed by atoms with Crippen LogP contribution < -0.4 is 4.90 Å². The van der Waals surface area contributed by atoms with Gasteiger partial charge in [-0.3, -0.25) is 9.79 Å². The predicted molar refractivity (Wildman–Crippen MR) is 105 cm³/mol. The first kappa shape index (κ1) is 18.9. The number of carbonyl (C=O) groups excluding carboxylic acids is 1. The van der Waals surface area contributed by atoms with Crippen molar-refractivity contribution in [3.05, 3.63) is 63.6 Å². The number of aliphatic imine (C=N–C) groups is 1. The van der Waals surface area contributed by atoms with E-state index in [0.29, 0.717) is 32.6 Å². The van der Waals surface area contributed by atoms with Gasteiger partial charge in [-0.25, -0.2) is 8.42 Å². The maximum atomic E-state index is 12.6. The van der Waals surface area contributed by atoms with Crippen molar-refractivity contribution in [2.45, 2.75) is 0 Å². The molecule has 0 N–H and O–H groups in total. The monoisotopic (exact) mass is 410 g/mol. The molecule has 136 valence electrons. The Bertz CT molecular complexity index is 1000. The molecule has 2 aromatic carbocycles. The van der Waals surface area contributed by atoms with Crippen molar-refractivity contribution in [2.24, 2.45) is 4.99 Å². The summed E-state index contributed by atoms with van der Waals surface area (Å²) >= 11 is 12.5. The lowest BCUT2D eigenvalue weighted by Crippen LogP contribution is -2.36. The first-order chi connectivity index (χ1) is 12.3. The minimum atomic E-state index is -3.22. The van der Waals surface area contributed by atoms with Gasteiger partial charge in [0.25, 0.3) is 0 Å². The van der Waals surface area contributed by atoms with Gasteiger partial charge in [-0.15, -0.1) is 0 Å². The van der Waals surface area contributed by atoms with Crippen molar-refractivity contribution in [1.82, 2.24) is 0 Å². The van der Waals surface area contributed by atoms with Crippen molar-refractivity contribution in [3.63, 3.8) is 0 Å². The molecular formula is C18H16Cl2N2O3S. The molecule has 26 heavy (non-hydrogen) atoms. The molecule has 1 amide bonds. The van der Waals surface area contributed by atoms with Gasteiger partial charge in [0.2, 0.25) is 5.91 Å². The van der Waals surface area contributed by atoms with E-state index in [1.54, 1.807) is 24.3 Å². The van der Waals surface area contributed by atoms with Crippen molar-refractivity contribution in [2.75, 3.05) is 30.0 Å². The molecule has 0 bridgehead atoms. The van der Waals surface area contributed by atoms with E-state index in [1.807, 2.05) is 18.2 Å². The van der Waals surface area contributed by atoms with Crippen molar-refractivity contribution < 1.29 is 13.2 Å². The van der Waals surface area contributed by atoms with Gasteiger partial charge in [-0.05, 0) is 24.3 Å². The normalized spacial score (nSPS) is 14.7. The highest BCUT2D eigenvalue weighted by atomic mass is 35.5. The maximum absolute atomic E-state index is 12.6. The van der Waals surface area contributed by atoms with Crippen LogP contribution in [-0.2, 0) is 14.6 Å². The van der Waals surface area contributed by atoms with Crippen LogP contribution in [0.3, 0.4) is 0 Å². The zero-order valence-corrected chi connectivity index (χ0v) is 16.3. The average molecular weight is 411 g/mol. The smallest absolute Gasteiger partial charge is 0.248 e. The fourth-order valence-corrected chi connectivity index (χ4v) is 3.68. The number of nitrogens with zero attached hydrogens (tertiary/aromatic N) is 2. The van der Waals surface area contributed by atoms with Crippen molar-refractivity contribution in [3.8, 4) is 0 Å². The Morgan fingerprint density at radius 2 is 1.85 bits per heavy atom. The first-order valence-corrected chi connectivity index (χ1v) is 10.7. The van der Waals surface area contributed by atoms with E-state index >= 15 is 0 Å². The largest absolute Gasteiger partial charge is 0.309 e. The molecule has 0 aromatic heterocycles. The maximum Gasteiger partial charge on any atom is 0.248 e. The Morgan fingerprint density at radius 3 is 2.54 bits per heavy atom. The Balaban J connectivity index is 2.13. The zero-order valence-electron chi connectivity index (χ0n) is 13.9. The number of benzodiazepines with no additional fused rings is 1. The summed E-state index contributed by atoms with van der Waals surface area (Å²) in [6.07, 6.45) is 1.14. The molecule has 0 saturated heterocycles. The summed E-state index contributed by atoms with van der Waals surface area (Å²) < 4.78 is 23.1. The minimum Gasteiger partial charge on any atom is -0.309 e. The Hall–Kier alpha value is -1.89. The van der Waals surface area contributed by atoms with Gasteiger partial charge in [0.15, 0.2) is 0 Å². The molecular weight excluding hydrogens is 395 g/mol. The Kier molecular flexibility index (Phi) is 5.37. The summed E-state index contributed by atoms with van der Waals surface area (Å²) in [5, 5.41) is 0.995. The summed E-state index contributed by atoms with van der Waals surface area (Å²) in [5.41, 5.74) is 2.46. The Labute approximate surface area is 162 Å². The summed E-state index contributed by atoms with van der Waals surface area (Å²) in [6.45, 7) is -0.0474. The highest BCUT2D eigenvalue weighted by molar-refractivity contribution is 7.90. The lowest BCUT2D eigenvalue weighted by Gasteiger charge is -2.23. The summed E-state index contributed by atoms with van der Waals surface area (Å²) in [6, 6.07) is 12.3. The minimum absolute atomic E-state index is 0.0532. The second kappa shape index (κ2) is 7.39. The van der Waals surface area contributed by atoms with Crippen LogP contribution in [0.5, 0.6) is 0 Å². The lowest BCUT2D eigenvalue weighted by atomic mass is 10.00. The van der Waals surface area contributed by atoms with Crippen molar-refractivity contribution in [1.29, 1.82) is 0 Å². The SMILES string of the molecule is CS(=O)(=O)CCN1C(=O)CN=C(c2ccccc2Cl)c2cc(Cl)ccc21. The molecule has 0 saturated carbocycles. The molecule has 3 rings (SSSR count). The van der Waals surface area contributed by atoms with Crippen LogP contribution in [0.4, 0.5) is 5.69 Å². The molecule has 1 aliphatic rings. The number of hydrogen-bond acceptors (Lipinski definition) is 4. The van der Waals surface area contributed by atoms with Crippen LogP contribution in [-0.4, -0.2) is 45.1 Å². The predicted octanol–water partition coefficient (Wildman–Crippen LogP) is 3.22. The van der Waals surface area contributed by atoms with Crippen molar-refractivity contribution >= 4 is 50.3 Å². The van der Waals surface area contributed by atoms with Crippen LogP contribution in [0.2, 0.25) is 10.0 Å². The highest BCUT2D eigenvalue weighted by Crippen LogP contribution is 2.31. The van der Waals surface area contributed by atoms with Gasteiger partial charge < -0.3 is 4.90 Å². The fraction of sp³-hybridized carbons (Fsp3) is 0.222. The molecule has 0 spiro atoms. The number of carbonyl (C=O) groups is 1. The zero-order chi connectivity index (χ0) is 18.9. The topological polar surface area (TPSA) is 66.8 Å². The van der Waals surface area contributed by atoms with Crippen LogP contribution >= 0.6 is 23.2 Å². The molecule has 0 unspecified atom stereocenters. The number of benzene rings is 2. The molecule has 1 aliphatic heterocycles. The number of anilines is 1. The third-order valence-corrected chi connectivity index (χ3v) is 5.48. The van der Waals surface area contributed by atoms with Crippen LogP contribution in [0.25, 0.3) is 0 Å². The molecule has 5 nitrogen and oxygen atoms in total. The Morgan fingerprint density at radius 1 is 1.12 bits per heavy atom. The number of amides is 1. The molecule has 0 aliphatic carbocycles. The van der Waals surface area contributed by atoms with E-state index in [1.165, 1.54) is 4.90 Å². The second-order valence-electron chi connectivity index (χ2n) is 5.98. The van der Waals surface area contributed by atoms with Gasteiger partial charge >= 0.3 is 0 Å². The van der Waals surface area contributed by atoms with Gasteiger partial charge in [-0.1, -0.05) is 41.4 Å². The van der Waals surface area contributed by atoms with E-state index in [4.69, 9.17) is 23.2 Å². The fourth-order valence-electron chi connectivity index (χ4n) is 2.77. The van der Waals surface area contributed by atoms with E-state index in [-0.39, 0.29) is 24.7 Å². The second-order valence-corrected chi connectivity index (χ2v) is 9.08. The molecule has 0 radical (unpaired) electrons. The first-order valence-electron chi connectivity index (χ1n) is 7.83. The number of halogens is 2. The van der Waals surface area contributed by atoms with Gasteiger partial charge in [0.1, 0.15) is 16.4 Å². The summed E-state index contributed by atoms with van der Waals surface area (Å²) in [5.74, 6) is -0.415. The number of hydrogen-bond donors (Lipinski definition) is 0. The molecule has 8 heteroatoms.